The number of amidine groups is 1. The van der Waals surface area contributed by atoms with Crippen molar-refractivity contribution in [3.63, 3.8) is 0 Å². The predicted molar refractivity (Wildman–Crippen MR) is 75.3 cm³/mol. The van der Waals surface area contributed by atoms with Gasteiger partial charge in [-0.2, -0.15) is 4.39 Å². The molecule has 0 spiro atoms. The Morgan fingerprint density at radius 3 is 2.43 bits per heavy atom. The van der Waals surface area contributed by atoms with Crippen LogP contribution in [0.1, 0.15) is 11.1 Å². The van der Waals surface area contributed by atoms with Gasteiger partial charge < -0.3 is 10.5 Å². The third-order valence-corrected chi connectivity index (χ3v) is 2.84. The first kappa shape index (κ1) is 14.4. The molecule has 0 saturated carbocycles. The van der Waals surface area contributed by atoms with Crippen molar-refractivity contribution in [1.29, 1.82) is 5.41 Å². The minimum atomic E-state index is -0.963. The molecular weight excluding hydrogens is 277 g/mol. The van der Waals surface area contributed by atoms with Gasteiger partial charge in [-0.3, -0.25) is 15.5 Å². The van der Waals surface area contributed by atoms with Gasteiger partial charge in [-0.05, 0) is 36.8 Å². The zero-order chi connectivity index (χ0) is 15.6. The summed E-state index contributed by atoms with van der Waals surface area (Å²) in [6.07, 6.45) is 0. The van der Waals surface area contributed by atoms with E-state index in [1.54, 1.807) is 25.1 Å². The quantitative estimate of drug-likeness (QED) is 0.390. The van der Waals surface area contributed by atoms with Crippen molar-refractivity contribution < 1.29 is 14.1 Å². The number of nitro benzene ring substituents is 1. The van der Waals surface area contributed by atoms with Crippen LogP contribution in [0, 0.1) is 28.3 Å². The van der Waals surface area contributed by atoms with Gasteiger partial charge in [0.2, 0.25) is 5.82 Å². The van der Waals surface area contributed by atoms with Crippen molar-refractivity contribution >= 4 is 11.5 Å². The number of nitrogens with two attached hydrogens (primary N) is 1. The number of aryl methyl sites for hydroxylation is 1. The lowest BCUT2D eigenvalue weighted by Gasteiger charge is -2.09. The third-order valence-electron chi connectivity index (χ3n) is 2.84. The van der Waals surface area contributed by atoms with Crippen LogP contribution in [0.5, 0.6) is 11.5 Å². The van der Waals surface area contributed by atoms with Gasteiger partial charge in [0, 0.05) is 17.7 Å². The smallest absolute Gasteiger partial charge is 0.305 e. The van der Waals surface area contributed by atoms with Crippen molar-refractivity contribution in [2.75, 3.05) is 0 Å². The summed E-state index contributed by atoms with van der Waals surface area (Å²) in [6, 6.07) is 8.16. The van der Waals surface area contributed by atoms with Crippen LogP contribution in [0.25, 0.3) is 0 Å². The predicted octanol–water partition coefficient (Wildman–Crippen LogP) is 3.12. The number of nitro groups is 1. The van der Waals surface area contributed by atoms with Gasteiger partial charge in [-0.25, -0.2) is 0 Å². The fourth-order valence-corrected chi connectivity index (χ4v) is 1.84. The maximum atomic E-state index is 13.5. The van der Waals surface area contributed by atoms with E-state index < -0.39 is 16.4 Å². The van der Waals surface area contributed by atoms with Crippen LogP contribution in [0.3, 0.4) is 0 Å². The van der Waals surface area contributed by atoms with Crippen LogP contribution in [0.15, 0.2) is 36.4 Å². The highest BCUT2D eigenvalue weighted by molar-refractivity contribution is 5.96. The Bertz CT molecular complexity index is 670. The Morgan fingerprint density at radius 1 is 1.29 bits per heavy atom. The van der Waals surface area contributed by atoms with E-state index in [-0.39, 0.29) is 11.6 Å². The number of nitrogens with one attached hydrogen (secondary N) is 1. The summed E-state index contributed by atoms with van der Waals surface area (Å²) >= 11 is 0. The molecule has 0 fully saturated rings. The first-order valence-corrected chi connectivity index (χ1v) is 5.95. The molecule has 0 saturated heterocycles. The molecule has 2 rings (SSSR count). The van der Waals surface area contributed by atoms with Crippen LogP contribution in [-0.4, -0.2) is 10.8 Å². The SMILES string of the molecule is Cc1cc(Oc2ccc([N+](=O)[O-])c(F)c2)ccc1C(=N)N. The maximum Gasteiger partial charge on any atom is 0.305 e. The van der Waals surface area contributed by atoms with Crippen molar-refractivity contribution in [3.05, 3.63) is 63.5 Å². The van der Waals surface area contributed by atoms with Crippen molar-refractivity contribution in [2.45, 2.75) is 6.92 Å². The van der Waals surface area contributed by atoms with E-state index in [1.165, 1.54) is 6.07 Å². The Labute approximate surface area is 119 Å². The minimum Gasteiger partial charge on any atom is -0.457 e. The molecule has 6 nitrogen and oxygen atoms in total. The highest BCUT2D eigenvalue weighted by Gasteiger charge is 2.14. The average Bonchev–Trinajstić information content (AvgIpc) is 2.37. The summed E-state index contributed by atoms with van der Waals surface area (Å²) in [5.41, 5.74) is 6.12. The molecule has 2 aromatic carbocycles. The van der Waals surface area contributed by atoms with Crippen LogP contribution < -0.4 is 10.5 Å². The summed E-state index contributed by atoms with van der Waals surface area (Å²) in [5.74, 6) is -0.450. The molecule has 0 aliphatic heterocycles. The number of rotatable bonds is 4. The molecule has 0 radical (unpaired) electrons. The molecule has 2 aromatic rings. The molecule has 0 aliphatic carbocycles. The van der Waals surface area contributed by atoms with E-state index in [4.69, 9.17) is 15.9 Å². The summed E-state index contributed by atoms with van der Waals surface area (Å²) < 4.78 is 18.9. The summed E-state index contributed by atoms with van der Waals surface area (Å²) in [6.45, 7) is 1.76. The second-order valence-corrected chi connectivity index (χ2v) is 4.36. The molecule has 0 unspecified atom stereocenters. The third kappa shape index (κ3) is 3.14. The molecule has 21 heavy (non-hydrogen) atoms. The highest BCUT2D eigenvalue weighted by atomic mass is 19.1. The zero-order valence-electron chi connectivity index (χ0n) is 11.1. The Kier molecular flexibility index (Phi) is 3.84. The molecule has 0 amide bonds. The number of ether oxygens (including phenoxy) is 1. The lowest BCUT2D eigenvalue weighted by molar-refractivity contribution is -0.387. The fraction of sp³-hybridized carbons (Fsp3) is 0.0714. The number of nitrogens with zero attached hydrogens (tertiary/aromatic N) is 1. The van der Waals surface area contributed by atoms with Crippen molar-refractivity contribution in [3.8, 4) is 11.5 Å². The number of hydrogen-bond acceptors (Lipinski definition) is 4. The van der Waals surface area contributed by atoms with E-state index in [0.29, 0.717) is 11.3 Å². The Morgan fingerprint density at radius 2 is 1.90 bits per heavy atom. The molecule has 3 N–H and O–H groups in total. The first-order valence-electron chi connectivity index (χ1n) is 5.95. The Balaban J connectivity index is 2.26. The van der Waals surface area contributed by atoms with Gasteiger partial charge in [0.1, 0.15) is 17.3 Å². The largest absolute Gasteiger partial charge is 0.457 e. The van der Waals surface area contributed by atoms with E-state index in [9.17, 15) is 14.5 Å². The van der Waals surface area contributed by atoms with E-state index in [2.05, 4.69) is 0 Å². The molecule has 7 heteroatoms. The first-order chi connectivity index (χ1) is 9.88. The minimum absolute atomic E-state index is 0.0552. The molecule has 0 heterocycles. The molecule has 0 aromatic heterocycles. The standard InChI is InChI=1S/C14H12FN3O3/c1-8-6-9(2-4-11(8)14(16)17)21-10-3-5-13(18(19)20)12(15)7-10/h2-7H,1H3,(H3,16,17). The van der Waals surface area contributed by atoms with E-state index in [1.807, 2.05) is 0 Å². The van der Waals surface area contributed by atoms with Gasteiger partial charge in [0.05, 0.1) is 4.92 Å². The number of halogens is 1. The fourth-order valence-electron chi connectivity index (χ4n) is 1.84. The highest BCUT2D eigenvalue weighted by Crippen LogP contribution is 2.27. The van der Waals surface area contributed by atoms with Gasteiger partial charge in [0.15, 0.2) is 0 Å². The van der Waals surface area contributed by atoms with Crippen LogP contribution >= 0.6 is 0 Å². The number of nitrogen functional groups attached to an aromatic ring is 1. The molecule has 0 atom stereocenters. The normalized spacial score (nSPS) is 10.2. The average molecular weight is 289 g/mol. The summed E-state index contributed by atoms with van der Waals surface area (Å²) in [7, 11) is 0. The number of hydrogen-bond donors (Lipinski definition) is 2. The van der Waals surface area contributed by atoms with Crippen molar-refractivity contribution in [1.82, 2.24) is 0 Å². The molecule has 0 aliphatic rings. The van der Waals surface area contributed by atoms with Crippen LogP contribution in [0.2, 0.25) is 0 Å². The lowest BCUT2D eigenvalue weighted by atomic mass is 10.1. The molecule has 108 valence electrons. The monoisotopic (exact) mass is 289 g/mol. The van der Waals surface area contributed by atoms with E-state index in [0.717, 1.165) is 17.7 Å². The summed E-state index contributed by atoms with van der Waals surface area (Å²) in [5, 5.41) is 17.9. The van der Waals surface area contributed by atoms with Gasteiger partial charge in [0.25, 0.3) is 0 Å². The van der Waals surface area contributed by atoms with Gasteiger partial charge >= 0.3 is 5.69 Å². The Hall–Kier alpha value is -2.96. The zero-order valence-corrected chi connectivity index (χ0v) is 11.1. The number of benzene rings is 2. The maximum absolute atomic E-state index is 13.5. The summed E-state index contributed by atoms with van der Waals surface area (Å²) in [4.78, 5) is 9.73. The topological polar surface area (TPSA) is 102 Å². The van der Waals surface area contributed by atoms with E-state index >= 15 is 0 Å². The van der Waals surface area contributed by atoms with Crippen LogP contribution in [-0.2, 0) is 0 Å². The molecule has 0 bridgehead atoms. The van der Waals surface area contributed by atoms with Gasteiger partial charge in [-0.15, -0.1) is 0 Å². The molecular formula is C14H12FN3O3. The second kappa shape index (κ2) is 5.58. The van der Waals surface area contributed by atoms with Gasteiger partial charge in [-0.1, -0.05) is 0 Å². The lowest BCUT2D eigenvalue weighted by Crippen LogP contribution is -2.12. The second-order valence-electron chi connectivity index (χ2n) is 4.36. The van der Waals surface area contributed by atoms with Crippen molar-refractivity contribution in [2.24, 2.45) is 5.73 Å². The van der Waals surface area contributed by atoms with Crippen LogP contribution in [0.4, 0.5) is 10.1 Å².